The number of nitro groups is 1. The lowest BCUT2D eigenvalue weighted by atomic mass is 10.2. The van der Waals surface area contributed by atoms with E-state index in [-0.39, 0.29) is 11.7 Å². The van der Waals surface area contributed by atoms with Crippen molar-refractivity contribution < 1.29 is 4.92 Å². The monoisotopic (exact) mass is 294 g/mol. The highest BCUT2D eigenvalue weighted by molar-refractivity contribution is 6.31. The Morgan fingerprint density at radius 1 is 1.55 bits per heavy atom. The Morgan fingerprint density at radius 3 is 3.00 bits per heavy atom. The van der Waals surface area contributed by atoms with E-state index in [9.17, 15) is 10.1 Å². The molecule has 0 saturated carbocycles. The molecule has 6 nitrogen and oxygen atoms in total. The van der Waals surface area contributed by atoms with Crippen LogP contribution in [0.2, 0.25) is 5.02 Å². The van der Waals surface area contributed by atoms with Crippen LogP contribution in [0, 0.1) is 10.1 Å². The molecule has 1 unspecified atom stereocenters. The van der Waals surface area contributed by atoms with Gasteiger partial charge in [-0.3, -0.25) is 10.1 Å². The number of non-ortho nitro benzene ring substituents is 1. The van der Waals surface area contributed by atoms with Crippen LogP contribution in [0.1, 0.15) is 12.5 Å². The number of hydrogen-bond donors (Lipinski definition) is 1. The first-order valence-electron chi connectivity index (χ1n) is 6.18. The van der Waals surface area contributed by atoms with Crippen LogP contribution in [-0.2, 0) is 13.1 Å². The van der Waals surface area contributed by atoms with Crippen LogP contribution in [0.4, 0.5) is 5.69 Å². The van der Waals surface area contributed by atoms with Gasteiger partial charge < -0.3 is 9.88 Å². The van der Waals surface area contributed by atoms with E-state index in [0.29, 0.717) is 11.6 Å². The molecule has 2 aromatic rings. The Kier molecular flexibility index (Phi) is 4.70. The zero-order valence-corrected chi connectivity index (χ0v) is 11.7. The van der Waals surface area contributed by atoms with Crippen molar-refractivity contribution in [3.05, 3.63) is 57.6 Å². The summed E-state index contributed by atoms with van der Waals surface area (Å²) in [6, 6.07) is 4.65. The molecule has 20 heavy (non-hydrogen) atoms. The van der Waals surface area contributed by atoms with Gasteiger partial charge in [-0.05, 0) is 18.6 Å². The smallest absolute Gasteiger partial charge is 0.269 e. The van der Waals surface area contributed by atoms with Gasteiger partial charge in [0.1, 0.15) is 0 Å². The summed E-state index contributed by atoms with van der Waals surface area (Å²) < 4.78 is 1.96. The number of nitrogens with one attached hydrogen (secondary N) is 1. The van der Waals surface area contributed by atoms with Crippen LogP contribution in [0.15, 0.2) is 36.9 Å². The summed E-state index contributed by atoms with van der Waals surface area (Å²) in [6.07, 6.45) is 5.36. The largest absolute Gasteiger partial charge is 0.336 e. The van der Waals surface area contributed by atoms with E-state index in [0.717, 1.165) is 12.1 Å². The lowest BCUT2D eigenvalue weighted by Crippen LogP contribution is -2.29. The maximum absolute atomic E-state index is 10.7. The van der Waals surface area contributed by atoms with Crippen molar-refractivity contribution in [2.45, 2.75) is 26.1 Å². The van der Waals surface area contributed by atoms with Gasteiger partial charge in [-0.25, -0.2) is 4.98 Å². The molecule has 7 heteroatoms. The Morgan fingerprint density at radius 2 is 2.35 bits per heavy atom. The minimum absolute atomic E-state index is 0.0495. The van der Waals surface area contributed by atoms with Gasteiger partial charge in [0.25, 0.3) is 5.69 Å². The van der Waals surface area contributed by atoms with Crippen LogP contribution in [0.25, 0.3) is 0 Å². The number of nitro benzene ring substituents is 1. The van der Waals surface area contributed by atoms with Gasteiger partial charge in [0, 0.05) is 48.7 Å². The molecule has 1 aromatic heterocycles. The Hall–Kier alpha value is -1.92. The second-order valence-electron chi connectivity index (χ2n) is 4.57. The van der Waals surface area contributed by atoms with E-state index in [1.54, 1.807) is 18.6 Å². The van der Waals surface area contributed by atoms with Crippen molar-refractivity contribution in [2.75, 3.05) is 0 Å². The molecule has 0 aliphatic heterocycles. The van der Waals surface area contributed by atoms with Gasteiger partial charge in [-0.2, -0.15) is 0 Å². The first-order chi connectivity index (χ1) is 9.56. The number of aromatic nitrogens is 2. The van der Waals surface area contributed by atoms with E-state index >= 15 is 0 Å². The van der Waals surface area contributed by atoms with Crippen LogP contribution >= 0.6 is 11.6 Å². The molecule has 0 aliphatic carbocycles. The summed E-state index contributed by atoms with van der Waals surface area (Å²) in [4.78, 5) is 14.3. The number of halogens is 1. The standard InChI is InChI=1S/C13H15ClN4O2/c1-10(8-17-5-4-15-9-17)16-7-11-6-12(18(19)20)2-3-13(11)14/h2-6,9-10,16H,7-8H2,1H3. The van der Waals surface area contributed by atoms with E-state index in [1.165, 1.54) is 12.1 Å². The van der Waals surface area contributed by atoms with Gasteiger partial charge in [-0.1, -0.05) is 11.6 Å². The topological polar surface area (TPSA) is 73.0 Å². The van der Waals surface area contributed by atoms with Crippen molar-refractivity contribution in [3.8, 4) is 0 Å². The SMILES string of the molecule is CC(Cn1ccnc1)NCc1cc([N+](=O)[O-])ccc1Cl. The molecule has 1 heterocycles. The van der Waals surface area contributed by atoms with E-state index in [2.05, 4.69) is 10.3 Å². The van der Waals surface area contributed by atoms with Crippen LogP contribution in [-0.4, -0.2) is 20.5 Å². The Balaban J connectivity index is 1.96. The van der Waals surface area contributed by atoms with Crippen molar-refractivity contribution >= 4 is 17.3 Å². The van der Waals surface area contributed by atoms with Gasteiger partial charge in [-0.15, -0.1) is 0 Å². The third kappa shape index (κ3) is 3.79. The average Bonchev–Trinajstić information content (AvgIpc) is 2.90. The average molecular weight is 295 g/mol. The van der Waals surface area contributed by atoms with Gasteiger partial charge in [0.15, 0.2) is 0 Å². The van der Waals surface area contributed by atoms with Crippen LogP contribution < -0.4 is 5.32 Å². The zero-order chi connectivity index (χ0) is 14.5. The molecule has 0 amide bonds. The van der Waals surface area contributed by atoms with Gasteiger partial charge >= 0.3 is 0 Å². The molecule has 0 fully saturated rings. The molecule has 1 N–H and O–H groups in total. The minimum Gasteiger partial charge on any atom is -0.336 e. The van der Waals surface area contributed by atoms with E-state index in [1.807, 2.05) is 17.7 Å². The summed E-state index contributed by atoms with van der Waals surface area (Å²) in [7, 11) is 0. The summed E-state index contributed by atoms with van der Waals surface area (Å²) in [5, 5.41) is 14.6. The van der Waals surface area contributed by atoms with Crippen molar-refractivity contribution in [3.63, 3.8) is 0 Å². The number of nitrogens with zero attached hydrogens (tertiary/aromatic N) is 3. The normalized spacial score (nSPS) is 12.3. The van der Waals surface area contributed by atoms with E-state index in [4.69, 9.17) is 11.6 Å². The fourth-order valence-corrected chi connectivity index (χ4v) is 2.05. The third-order valence-electron chi connectivity index (χ3n) is 2.92. The maximum atomic E-state index is 10.7. The predicted octanol–water partition coefficient (Wildman–Crippen LogP) is 2.62. The summed E-state index contributed by atoms with van der Waals surface area (Å²) >= 11 is 6.05. The molecular formula is C13H15ClN4O2. The van der Waals surface area contributed by atoms with Crippen LogP contribution in [0.3, 0.4) is 0 Å². The molecule has 0 aliphatic rings. The highest BCUT2D eigenvalue weighted by Crippen LogP contribution is 2.21. The lowest BCUT2D eigenvalue weighted by Gasteiger charge is -2.15. The summed E-state index contributed by atoms with van der Waals surface area (Å²) in [6.45, 7) is 3.29. The fourth-order valence-electron chi connectivity index (χ4n) is 1.87. The maximum Gasteiger partial charge on any atom is 0.269 e. The molecule has 1 atom stereocenters. The summed E-state index contributed by atoms with van der Waals surface area (Å²) in [5.74, 6) is 0. The molecule has 0 saturated heterocycles. The number of hydrogen-bond acceptors (Lipinski definition) is 4. The fraction of sp³-hybridized carbons (Fsp3) is 0.308. The number of benzene rings is 1. The summed E-state index contributed by atoms with van der Waals surface area (Å²) in [5.41, 5.74) is 0.770. The molecule has 1 aromatic carbocycles. The zero-order valence-electron chi connectivity index (χ0n) is 11.0. The molecule has 106 valence electrons. The van der Waals surface area contributed by atoms with Gasteiger partial charge in [0.05, 0.1) is 11.3 Å². The Bertz CT molecular complexity index is 586. The highest BCUT2D eigenvalue weighted by atomic mass is 35.5. The molecule has 0 spiro atoms. The first kappa shape index (κ1) is 14.5. The van der Waals surface area contributed by atoms with Crippen molar-refractivity contribution in [1.29, 1.82) is 0 Å². The second-order valence-corrected chi connectivity index (χ2v) is 4.98. The van der Waals surface area contributed by atoms with Crippen molar-refractivity contribution in [2.24, 2.45) is 0 Å². The minimum atomic E-state index is -0.422. The number of rotatable bonds is 6. The lowest BCUT2D eigenvalue weighted by molar-refractivity contribution is -0.384. The molecular weight excluding hydrogens is 280 g/mol. The first-order valence-corrected chi connectivity index (χ1v) is 6.56. The van der Waals surface area contributed by atoms with Crippen LogP contribution in [0.5, 0.6) is 0 Å². The molecule has 0 bridgehead atoms. The molecule has 0 radical (unpaired) electrons. The van der Waals surface area contributed by atoms with Crippen molar-refractivity contribution in [1.82, 2.24) is 14.9 Å². The number of imidazole rings is 1. The second kappa shape index (κ2) is 6.49. The van der Waals surface area contributed by atoms with E-state index < -0.39 is 4.92 Å². The Labute approximate surface area is 121 Å². The van der Waals surface area contributed by atoms with Gasteiger partial charge in [0.2, 0.25) is 0 Å². The molecule has 2 rings (SSSR count). The highest BCUT2D eigenvalue weighted by Gasteiger charge is 2.10. The predicted molar refractivity (Wildman–Crippen MR) is 76.6 cm³/mol. The quantitative estimate of drug-likeness (QED) is 0.656. The third-order valence-corrected chi connectivity index (χ3v) is 3.29.